The molecule has 84 valence electrons. The van der Waals surface area contributed by atoms with E-state index in [0.29, 0.717) is 5.92 Å². The molecule has 15 heavy (non-hydrogen) atoms. The first-order valence-electron chi connectivity index (χ1n) is 6.11. The maximum absolute atomic E-state index is 4.10. The van der Waals surface area contributed by atoms with Crippen LogP contribution >= 0.6 is 0 Å². The van der Waals surface area contributed by atoms with E-state index < -0.39 is 0 Å². The van der Waals surface area contributed by atoms with E-state index in [1.54, 1.807) is 0 Å². The SMILES string of the molecule is C=C1C=CC(C(C)C)CCC=C(C)CC1. The lowest BCUT2D eigenvalue weighted by Crippen LogP contribution is -2.05. The molecule has 0 aromatic carbocycles. The molecule has 0 N–H and O–H groups in total. The van der Waals surface area contributed by atoms with Crippen LogP contribution in [-0.2, 0) is 0 Å². The molecule has 0 heterocycles. The van der Waals surface area contributed by atoms with Crippen LogP contribution in [0.25, 0.3) is 0 Å². The van der Waals surface area contributed by atoms with Crippen LogP contribution in [0, 0.1) is 11.8 Å². The van der Waals surface area contributed by atoms with Crippen LogP contribution in [0.2, 0.25) is 0 Å². The minimum absolute atomic E-state index is 0.712. The third-order valence-electron chi connectivity index (χ3n) is 3.27. The van der Waals surface area contributed by atoms with Gasteiger partial charge in [-0.05, 0) is 44.4 Å². The van der Waals surface area contributed by atoms with Crippen molar-refractivity contribution in [2.75, 3.05) is 0 Å². The Morgan fingerprint density at radius 2 is 2.07 bits per heavy atom. The van der Waals surface area contributed by atoms with Gasteiger partial charge in [-0.25, -0.2) is 0 Å². The average molecular weight is 204 g/mol. The predicted molar refractivity (Wildman–Crippen MR) is 68.8 cm³/mol. The average Bonchev–Trinajstić information content (AvgIpc) is 2.19. The van der Waals surface area contributed by atoms with Crippen LogP contribution in [-0.4, -0.2) is 0 Å². The Balaban J connectivity index is 2.69. The van der Waals surface area contributed by atoms with Crippen molar-refractivity contribution in [3.05, 3.63) is 36.0 Å². The summed E-state index contributed by atoms with van der Waals surface area (Å²) in [6.07, 6.45) is 11.8. The molecule has 0 aromatic rings. The highest BCUT2D eigenvalue weighted by molar-refractivity contribution is 5.18. The highest BCUT2D eigenvalue weighted by Crippen LogP contribution is 2.23. The summed E-state index contributed by atoms with van der Waals surface area (Å²) in [5.41, 5.74) is 2.80. The summed E-state index contributed by atoms with van der Waals surface area (Å²) in [6, 6.07) is 0. The summed E-state index contributed by atoms with van der Waals surface area (Å²) in [6.45, 7) is 11.0. The summed E-state index contributed by atoms with van der Waals surface area (Å²) in [7, 11) is 0. The number of allylic oxidation sites excluding steroid dienone is 5. The molecule has 0 saturated carbocycles. The van der Waals surface area contributed by atoms with E-state index in [2.05, 4.69) is 45.6 Å². The van der Waals surface area contributed by atoms with Crippen molar-refractivity contribution < 1.29 is 0 Å². The second-order valence-corrected chi connectivity index (χ2v) is 5.05. The van der Waals surface area contributed by atoms with Crippen molar-refractivity contribution in [3.63, 3.8) is 0 Å². The van der Waals surface area contributed by atoms with Crippen LogP contribution in [0.1, 0.15) is 46.5 Å². The van der Waals surface area contributed by atoms with Gasteiger partial charge in [0.1, 0.15) is 0 Å². The van der Waals surface area contributed by atoms with Gasteiger partial charge in [0, 0.05) is 0 Å². The number of hydrogen-bond donors (Lipinski definition) is 0. The molecule has 1 atom stereocenters. The molecule has 0 spiro atoms. The minimum Gasteiger partial charge on any atom is -0.0958 e. The van der Waals surface area contributed by atoms with Gasteiger partial charge in [0.15, 0.2) is 0 Å². The van der Waals surface area contributed by atoms with E-state index in [9.17, 15) is 0 Å². The lowest BCUT2D eigenvalue weighted by atomic mass is 9.88. The highest BCUT2D eigenvalue weighted by Gasteiger charge is 2.09. The Morgan fingerprint density at radius 1 is 1.33 bits per heavy atom. The fourth-order valence-corrected chi connectivity index (χ4v) is 1.98. The predicted octanol–water partition coefficient (Wildman–Crippen LogP) is 4.89. The Morgan fingerprint density at radius 3 is 2.73 bits per heavy atom. The van der Waals surface area contributed by atoms with Crippen molar-refractivity contribution >= 4 is 0 Å². The standard InChI is InChI=1S/C15H24/c1-12(2)15-7-5-6-13(3)8-9-14(4)10-11-15/h6,10-12,15H,4-5,7-9H2,1-3H3. The molecule has 0 aliphatic heterocycles. The zero-order valence-electron chi connectivity index (χ0n) is 10.4. The van der Waals surface area contributed by atoms with Crippen molar-refractivity contribution in [3.8, 4) is 0 Å². The molecule has 0 bridgehead atoms. The normalized spacial score (nSPS) is 24.1. The smallest absolute Gasteiger partial charge is 0.0204 e. The van der Waals surface area contributed by atoms with Crippen LogP contribution < -0.4 is 0 Å². The van der Waals surface area contributed by atoms with Gasteiger partial charge in [0.25, 0.3) is 0 Å². The molecular weight excluding hydrogens is 180 g/mol. The van der Waals surface area contributed by atoms with E-state index in [1.165, 1.54) is 30.4 Å². The molecule has 1 unspecified atom stereocenters. The van der Waals surface area contributed by atoms with Crippen molar-refractivity contribution in [2.45, 2.75) is 46.5 Å². The first-order valence-corrected chi connectivity index (χ1v) is 6.11. The van der Waals surface area contributed by atoms with Crippen molar-refractivity contribution in [1.29, 1.82) is 0 Å². The van der Waals surface area contributed by atoms with Gasteiger partial charge in [-0.3, -0.25) is 0 Å². The zero-order chi connectivity index (χ0) is 11.3. The molecule has 1 aliphatic rings. The van der Waals surface area contributed by atoms with Gasteiger partial charge in [-0.2, -0.15) is 0 Å². The molecule has 0 amide bonds. The van der Waals surface area contributed by atoms with Crippen LogP contribution in [0.3, 0.4) is 0 Å². The highest BCUT2D eigenvalue weighted by atomic mass is 14.1. The Hall–Kier alpha value is -0.780. The second kappa shape index (κ2) is 5.95. The Bertz CT molecular complexity index is 266. The van der Waals surface area contributed by atoms with Crippen molar-refractivity contribution in [2.24, 2.45) is 11.8 Å². The molecule has 0 nitrogen and oxygen atoms in total. The van der Waals surface area contributed by atoms with Gasteiger partial charge >= 0.3 is 0 Å². The maximum Gasteiger partial charge on any atom is -0.0204 e. The molecule has 1 rings (SSSR count). The lowest BCUT2D eigenvalue weighted by molar-refractivity contribution is 0.438. The van der Waals surface area contributed by atoms with Crippen molar-refractivity contribution in [1.82, 2.24) is 0 Å². The summed E-state index contributed by atoms with van der Waals surface area (Å²) in [5, 5.41) is 0. The van der Waals surface area contributed by atoms with Gasteiger partial charge in [-0.1, -0.05) is 49.8 Å². The molecule has 1 aliphatic carbocycles. The Labute approximate surface area is 94.8 Å². The van der Waals surface area contributed by atoms with Gasteiger partial charge < -0.3 is 0 Å². The number of hydrogen-bond acceptors (Lipinski definition) is 0. The molecule has 0 saturated heterocycles. The molecular formula is C15H24. The maximum atomic E-state index is 4.10. The molecule has 0 fully saturated rings. The van der Waals surface area contributed by atoms with Gasteiger partial charge in [0.05, 0.1) is 0 Å². The topological polar surface area (TPSA) is 0 Å². The van der Waals surface area contributed by atoms with Gasteiger partial charge in [0.2, 0.25) is 0 Å². The lowest BCUT2D eigenvalue weighted by Gasteiger charge is -2.17. The quantitative estimate of drug-likeness (QED) is 0.533. The molecule has 0 aromatic heterocycles. The summed E-state index contributed by atoms with van der Waals surface area (Å²) < 4.78 is 0. The summed E-state index contributed by atoms with van der Waals surface area (Å²) in [4.78, 5) is 0. The zero-order valence-corrected chi connectivity index (χ0v) is 10.4. The Kier molecular flexibility index (Phi) is 4.87. The molecule has 0 heteroatoms. The third kappa shape index (κ3) is 4.51. The van der Waals surface area contributed by atoms with Crippen LogP contribution in [0.4, 0.5) is 0 Å². The van der Waals surface area contributed by atoms with E-state index in [1.807, 2.05) is 0 Å². The summed E-state index contributed by atoms with van der Waals surface area (Å²) in [5.74, 6) is 1.45. The van der Waals surface area contributed by atoms with E-state index in [4.69, 9.17) is 0 Å². The number of rotatable bonds is 1. The van der Waals surface area contributed by atoms with Crippen LogP contribution in [0.15, 0.2) is 36.0 Å². The largest absolute Gasteiger partial charge is 0.0958 e. The summed E-state index contributed by atoms with van der Waals surface area (Å²) >= 11 is 0. The van der Waals surface area contributed by atoms with E-state index in [0.717, 1.165) is 12.3 Å². The monoisotopic (exact) mass is 204 g/mol. The fourth-order valence-electron chi connectivity index (χ4n) is 1.98. The first-order chi connectivity index (χ1) is 7.09. The van der Waals surface area contributed by atoms with Gasteiger partial charge in [-0.15, -0.1) is 0 Å². The van der Waals surface area contributed by atoms with E-state index >= 15 is 0 Å². The second-order valence-electron chi connectivity index (χ2n) is 5.05. The minimum atomic E-state index is 0.712. The third-order valence-corrected chi connectivity index (χ3v) is 3.27. The van der Waals surface area contributed by atoms with E-state index in [-0.39, 0.29) is 0 Å². The molecule has 0 radical (unpaired) electrons. The first kappa shape index (κ1) is 12.3. The fraction of sp³-hybridized carbons (Fsp3) is 0.600. The van der Waals surface area contributed by atoms with Crippen LogP contribution in [0.5, 0.6) is 0 Å².